The number of halogens is 2. The van der Waals surface area contributed by atoms with Crippen LogP contribution in [0, 0.1) is 12.3 Å². The van der Waals surface area contributed by atoms with Gasteiger partial charge >= 0.3 is 12.6 Å². The first-order valence-corrected chi connectivity index (χ1v) is 7.73. The van der Waals surface area contributed by atoms with Crippen molar-refractivity contribution < 1.29 is 28.2 Å². The smallest absolute Gasteiger partial charge is 0.387 e. The van der Waals surface area contributed by atoms with Gasteiger partial charge in [-0.2, -0.15) is 8.78 Å². The van der Waals surface area contributed by atoms with E-state index in [-0.39, 0.29) is 23.4 Å². The number of benzene rings is 2. The third kappa shape index (κ3) is 5.68. The molecule has 2 aromatic carbocycles. The molecule has 1 amide bonds. The summed E-state index contributed by atoms with van der Waals surface area (Å²) in [6.07, 6.45) is 7.96. The molecule has 0 aliphatic rings. The Morgan fingerprint density at radius 2 is 2.00 bits per heavy atom. The molecule has 0 fully saturated rings. The van der Waals surface area contributed by atoms with Crippen molar-refractivity contribution in [2.75, 3.05) is 5.32 Å². The number of amides is 1. The number of carboxylic acids is 1. The number of hydrogen-bond donors (Lipinski definition) is 2. The lowest BCUT2D eigenvalue weighted by atomic mass is 10.1. The van der Waals surface area contributed by atoms with E-state index in [1.54, 1.807) is 12.1 Å². The van der Waals surface area contributed by atoms with Gasteiger partial charge in [0.1, 0.15) is 5.75 Å². The van der Waals surface area contributed by atoms with Crippen molar-refractivity contribution in [3.8, 4) is 18.1 Å². The number of carbonyl (C=O) groups excluding carboxylic acids is 1. The summed E-state index contributed by atoms with van der Waals surface area (Å²) in [5.74, 6) is 0.618. The highest BCUT2D eigenvalue weighted by atomic mass is 19.3. The molecule has 0 bridgehead atoms. The van der Waals surface area contributed by atoms with E-state index in [1.807, 2.05) is 0 Å². The molecule has 0 aromatic heterocycles. The summed E-state index contributed by atoms with van der Waals surface area (Å²) in [5.41, 5.74) is 1.05. The summed E-state index contributed by atoms with van der Waals surface area (Å²) in [4.78, 5) is 23.2. The first-order chi connectivity index (χ1) is 12.9. The molecule has 0 aliphatic carbocycles. The molecule has 0 saturated carbocycles. The van der Waals surface area contributed by atoms with Gasteiger partial charge in [0.05, 0.1) is 11.3 Å². The topological polar surface area (TPSA) is 75.6 Å². The number of rotatable bonds is 7. The lowest BCUT2D eigenvalue weighted by Gasteiger charge is -2.10. The molecule has 27 heavy (non-hydrogen) atoms. The van der Waals surface area contributed by atoms with Gasteiger partial charge < -0.3 is 15.2 Å². The van der Waals surface area contributed by atoms with Crippen LogP contribution in [0.25, 0.3) is 6.08 Å². The van der Waals surface area contributed by atoms with Crippen molar-refractivity contribution in [1.82, 2.24) is 0 Å². The number of carbonyl (C=O) groups is 2. The SMILES string of the molecule is C#CCc1cc(/C=C/C(=O)Nc2ccccc2C(=O)O)ccc1OC(F)F. The molecule has 2 rings (SSSR count). The van der Waals surface area contributed by atoms with E-state index in [0.29, 0.717) is 11.1 Å². The first kappa shape index (κ1) is 19.7. The molecule has 7 heteroatoms. The lowest BCUT2D eigenvalue weighted by molar-refractivity contribution is -0.111. The Hall–Kier alpha value is -3.66. The van der Waals surface area contributed by atoms with Gasteiger partial charge in [0.25, 0.3) is 0 Å². The van der Waals surface area contributed by atoms with Crippen LogP contribution in [-0.4, -0.2) is 23.6 Å². The van der Waals surface area contributed by atoms with Gasteiger partial charge in [-0.1, -0.05) is 18.2 Å². The molecule has 0 aliphatic heterocycles. The molecule has 2 aromatic rings. The fourth-order valence-electron chi connectivity index (χ4n) is 2.29. The Kier molecular flexibility index (Phi) is 6.67. The zero-order chi connectivity index (χ0) is 19.8. The van der Waals surface area contributed by atoms with Crippen molar-refractivity contribution in [2.24, 2.45) is 0 Å². The summed E-state index contributed by atoms with van der Waals surface area (Å²) in [7, 11) is 0. The van der Waals surface area contributed by atoms with Crippen LogP contribution in [0.3, 0.4) is 0 Å². The van der Waals surface area contributed by atoms with Crippen LogP contribution < -0.4 is 10.1 Å². The zero-order valence-electron chi connectivity index (χ0n) is 14.0. The molecule has 0 heterocycles. The molecule has 5 nitrogen and oxygen atoms in total. The second-order valence-corrected chi connectivity index (χ2v) is 5.30. The number of terminal acetylenes is 1. The average Bonchev–Trinajstić information content (AvgIpc) is 2.62. The minimum Gasteiger partial charge on any atom is -0.478 e. The molecular formula is C20H15F2NO4. The van der Waals surface area contributed by atoms with E-state index in [1.165, 1.54) is 42.5 Å². The van der Waals surface area contributed by atoms with E-state index >= 15 is 0 Å². The quantitative estimate of drug-likeness (QED) is 0.573. The monoisotopic (exact) mass is 371 g/mol. The Morgan fingerprint density at radius 1 is 1.26 bits per heavy atom. The van der Waals surface area contributed by atoms with Crippen LogP contribution in [0.15, 0.2) is 48.5 Å². The first-order valence-electron chi connectivity index (χ1n) is 7.73. The zero-order valence-corrected chi connectivity index (χ0v) is 14.0. The van der Waals surface area contributed by atoms with Gasteiger partial charge in [-0.15, -0.1) is 12.3 Å². The van der Waals surface area contributed by atoms with Crippen molar-refractivity contribution in [3.05, 3.63) is 65.2 Å². The number of alkyl halides is 2. The van der Waals surface area contributed by atoms with Crippen molar-refractivity contribution in [1.29, 1.82) is 0 Å². The van der Waals surface area contributed by atoms with Gasteiger partial charge in [0.15, 0.2) is 0 Å². The number of carboxylic acid groups (broad SMARTS) is 1. The largest absolute Gasteiger partial charge is 0.478 e. The second-order valence-electron chi connectivity index (χ2n) is 5.30. The number of nitrogens with one attached hydrogen (secondary N) is 1. The predicted molar refractivity (Wildman–Crippen MR) is 96.7 cm³/mol. The molecular weight excluding hydrogens is 356 g/mol. The number of ether oxygens (including phenoxy) is 1. The van der Waals surface area contributed by atoms with Crippen molar-refractivity contribution in [3.63, 3.8) is 0 Å². The Bertz CT molecular complexity index is 916. The molecule has 0 radical (unpaired) electrons. The highest BCUT2D eigenvalue weighted by Gasteiger charge is 2.11. The van der Waals surface area contributed by atoms with E-state index in [4.69, 9.17) is 11.5 Å². The molecule has 2 N–H and O–H groups in total. The van der Waals surface area contributed by atoms with Crippen LogP contribution in [0.1, 0.15) is 21.5 Å². The third-order valence-electron chi connectivity index (χ3n) is 3.44. The van der Waals surface area contributed by atoms with Crippen LogP contribution >= 0.6 is 0 Å². The molecule has 0 spiro atoms. The van der Waals surface area contributed by atoms with Crippen molar-refractivity contribution in [2.45, 2.75) is 13.0 Å². The average molecular weight is 371 g/mol. The molecule has 0 unspecified atom stereocenters. The van der Waals surface area contributed by atoms with Gasteiger partial charge in [-0.05, 0) is 35.9 Å². The van der Waals surface area contributed by atoms with Gasteiger partial charge in [0.2, 0.25) is 5.91 Å². The summed E-state index contributed by atoms with van der Waals surface area (Å²) in [6, 6.07) is 10.4. The molecule has 138 valence electrons. The third-order valence-corrected chi connectivity index (χ3v) is 3.44. The second kappa shape index (κ2) is 9.15. The van der Waals surface area contributed by atoms with E-state index < -0.39 is 18.5 Å². The van der Waals surface area contributed by atoms with E-state index in [9.17, 15) is 18.4 Å². The summed E-state index contributed by atoms with van der Waals surface area (Å²) >= 11 is 0. The maximum Gasteiger partial charge on any atom is 0.387 e. The minimum absolute atomic E-state index is 0.0278. The maximum atomic E-state index is 12.4. The highest BCUT2D eigenvalue weighted by Crippen LogP contribution is 2.23. The Balaban J connectivity index is 2.15. The minimum atomic E-state index is -2.97. The van der Waals surface area contributed by atoms with Crippen LogP contribution in [0.4, 0.5) is 14.5 Å². The standard InChI is InChI=1S/C20H15F2NO4/c1-2-5-14-12-13(8-10-17(14)27-20(21)22)9-11-18(24)23-16-7-4-3-6-15(16)19(25)26/h1,3-4,6-12,20H,5H2,(H,23,24)(H,25,26)/b11-9+. The van der Waals surface area contributed by atoms with Crippen LogP contribution in [0.5, 0.6) is 5.75 Å². The number of aromatic carboxylic acids is 1. The normalized spacial score (nSPS) is 10.6. The summed E-state index contributed by atoms with van der Waals surface area (Å²) in [6.45, 7) is -2.97. The van der Waals surface area contributed by atoms with E-state index in [0.717, 1.165) is 0 Å². The van der Waals surface area contributed by atoms with E-state index in [2.05, 4.69) is 16.0 Å². The maximum absolute atomic E-state index is 12.4. The molecule has 0 atom stereocenters. The lowest BCUT2D eigenvalue weighted by Crippen LogP contribution is -2.11. The number of anilines is 1. The van der Waals surface area contributed by atoms with Gasteiger partial charge in [-0.3, -0.25) is 4.79 Å². The number of para-hydroxylation sites is 1. The number of hydrogen-bond acceptors (Lipinski definition) is 3. The highest BCUT2D eigenvalue weighted by molar-refractivity contribution is 6.06. The molecule has 0 saturated heterocycles. The van der Waals surface area contributed by atoms with Crippen LogP contribution in [-0.2, 0) is 11.2 Å². The van der Waals surface area contributed by atoms with Gasteiger partial charge in [0, 0.05) is 18.1 Å². The Labute approximate surface area is 154 Å². The predicted octanol–water partition coefficient (Wildman–Crippen LogP) is 3.81. The fraction of sp³-hybridized carbons (Fsp3) is 0.100. The fourth-order valence-corrected chi connectivity index (χ4v) is 2.29. The summed E-state index contributed by atoms with van der Waals surface area (Å²) < 4.78 is 29.2. The summed E-state index contributed by atoms with van der Waals surface area (Å²) in [5, 5.41) is 11.6. The van der Waals surface area contributed by atoms with Crippen molar-refractivity contribution >= 4 is 23.6 Å². The van der Waals surface area contributed by atoms with Crippen LogP contribution in [0.2, 0.25) is 0 Å². The Morgan fingerprint density at radius 3 is 2.67 bits per heavy atom. The van der Waals surface area contributed by atoms with Gasteiger partial charge in [-0.25, -0.2) is 4.79 Å².